The summed E-state index contributed by atoms with van der Waals surface area (Å²) in [4.78, 5) is 9.23. The van der Waals surface area contributed by atoms with Crippen molar-refractivity contribution in [1.29, 1.82) is 0 Å². The highest BCUT2D eigenvalue weighted by Gasteiger charge is 2.28. The Bertz CT molecular complexity index is 393. The molecular weight excluding hydrogens is 248 g/mol. The lowest BCUT2D eigenvalue weighted by Crippen LogP contribution is -2.44. The SMILES string of the molecule is CCN1CCCC1CN(C)C(c1cccnc1)C(C)N. The fraction of sp³-hybridized carbons (Fsp3) is 0.688. The van der Waals surface area contributed by atoms with Gasteiger partial charge in [0.2, 0.25) is 0 Å². The summed E-state index contributed by atoms with van der Waals surface area (Å²) in [6, 6.07) is 5.13. The molecular formula is C16H28N4. The Hall–Kier alpha value is -0.970. The van der Waals surface area contributed by atoms with Crippen molar-refractivity contribution in [1.82, 2.24) is 14.8 Å². The molecule has 2 rings (SSSR count). The molecule has 1 aromatic heterocycles. The molecule has 1 aliphatic rings. The molecule has 3 unspecified atom stereocenters. The number of nitrogens with zero attached hydrogens (tertiary/aromatic N) is 3. The van der Waals surface area contributed by atoms with Gasteiger partial charge >= 0.3 is 0 Å². The average Bonchev–Trinajstić information content (AvgIpc) is 2.86. The van der Waals surface area contributed by atoms with Crippen LogP contribution in [0.3, 0.4) is 0 Å². The van der Waals surface area contributed by atoms with Crippen molar-refractivity contribution in [2.75, 3.05) is 26.7 Å². The van der Waals surface area contributed by atoms with Crippen LogP contribution in [0.4, 0.5) is 0 Å². The van der Waals surface area contributed by atoms with Crippen LogP contribution < -0.4 is 5.73 Å². The van der Waals surface area contributed by atoms with Crippen molar-refractivity contribution >= 4 is 0 Å². The van der Waals surface area contributed by atoms with E-state index in [2.05, 4.69) is 41.7 Å². The monoisotopic (exact) mass is 276 g/mol. The fourth-order valence-corrected chi connectivity index (χ4v) is 3.47. The summed E-state index contributed by atoms with van der Waals surface area (Å²) in [5.41, 5.74) is 7.44. The highest BCUT2D eigenvalue weighted by atomic mass is 15.2. The van der Waals surface area contributed by atoms with Crippen LogP contribution in [0.25, 0.3) is 0 Å². The first-order valence-corrected chi connectivity index (χ1v) is 7.73. The minimum Gasteiger partial charge on any atom is -0.326 e. The van der Waals surface area contributed by atoms with Crippen LogP contribution in [-0.4, -0.2) is 53.5 Å². The van der Waals surface area contributed by atoms with E-state index < -0.39 is 0 Å². The standard InChI is InChI=1S/C16H28N4/c1-4-20-10-6-8-15(20)12-19(3)16(13(2)17)14-7-5-9-18-11-14/h5,7,9,11,13,15-16H,4,6,8,10,12,17H2,1-3H3. The van der Waals surface area contributed by atoms with E-state index in [4.69, 9.17) is 5.73 Å². The molecule has 0 spiro atoms. The topological polar surface area (TPSA) is 45.4 Å². The molecule has 0 amide bonds. The fourth-order valence-electron chi connectivity index (χ4n) is 3.47. The highest BCUT2D eigenvalue weighted by molar-refractivity contribution is 5.16. The van der Waals surface area contributed by atoms with E-state index >= 15 is 0 Å². The van der Waals surface area contributed by atoms with Gasteiger partial charge in [0.15, 0.2) is 0 Å². The quantitative estimate of drug-likeness (QED) is 0.862. The zero-order valence-corrected chi connectivity index (χ0v) is 13.0. The average molecular weight is 276 g/mol. The highest BCUT2D eigenvalue weighted by Crippen LogP contribution is 2.25. The van der Waals surface area contributed by atoms with Crippen LogP contribution in [0.15, 0.2) is 24.5 Å². The summed E-state index contributed by atoms with van der Waals surface area (Å²) < 4.78 is 0. The third kappa shape index (κ3) is 3.57. The molecule has 1 fully saturated rings. The molecule has 1 saturated heterocycles. The van der Waals surface area contributed by atoms with Crippen molar-refractivity contribution in [2.45, 2.75) is 44.8 Å². The minimum absolute atomic E-state index is 0.0979. The van der Waals surface area contributed by atoms with E-state index in [-0.39, 0.29) is 12.1 Å². The van der Waals surface area contributed by atoms with Crippen molar-refractivity contribution < 1.29 is 0 Å². The smallest absolute Gasteiger partial charge is 0.0509 e. The van der Waals surface area contributed by atoms with E-state index in [0.29, 0.717) is 6.04 Å². The Morgan fingerprint density at radius 1 is 1.55 bits per heavy atom. The van der Waals surface area contributed by atoms with Crippen LogP contribution in [0.2, 0.25) is 0 Å². The summed E-state index contributed by atoms with van der Waals surface area (Å²) in [7, 11) is 2.19. The van der Waals surface area contributed by atoms with Gasteiger partial charge < -0.3 is 5.73 Å². The molecule has 2 heterocycles. The molecule has 0 aromatic carbocycles. The lowest BCUT2D eigenvalue weighted by atomic mass is 10.0. The summed E-state index contributed by atoms with van der Waals surface area (Å²) in [6.07, 6.45) is 6.38. The summed E-state index contributed by atoms with van der Waals surface area (Å²) in [5.74, 6) is 0. The molecule has 1 aliphatic heterocycles. The lowest BCUT2D eigenvalue weighted by Gasteiger charge is -2.35. The molecule has 0 saturated carbocycles. The molecule has 3 atom stereocenters. The van der Waals surface area contributed by atoms with Gasteiger partial charge in [0.1, 0.15) is 0 Å². The molecule has 0 radical (unpaired) electrons. The van der Waals surface area contributed by atoms with Gasteiger partial charge in [-0.05, 0) is 51.5 Å². The third-order valence-corrected chi connectivity index (χ3v) is 4.40. The van der Waals surface area contributed by atoms with Crippen LogP contribution in [0.5, 0.6) is 0 Å². The Balaban J connectivity index is 2.06. The summed E-state index contributed by atoms with van der Waals surface area (Å²) in [5, 5.41) is 0. The molecule has 4 heteroatoms. The van der Waals surface area contributed by atoms with Gasteiger partial charge in [0, 0.05) is 31.0 Å². The van der Waals surface area contributed by atoms with Gasteiger partial charge in [-0.15, -0.1) is 0 Å². The normalized spacial score (nSPS) is 23.1. The number of hydrogen-bond acceptors (Lipinski definition) is 4. The van der Waals surface area contributed by atoms with Gasteiger partial charge in [0.05, 0.1) is 6.04 Å². The zero-order valence-electron chi connectivity index (χ0n) is 13.0. The number of rotatable bonds is 6. The van der Waals surface area contributed by atoms with Gasteiger partial charge in [-0.3, -0.25) is 14.8 Å². The Morgan fingerprint density at radius 3 is 2.95 bits per heavy atom. The molecule has 112 valence electrons. The first kappa shape index (κ1) is 15.4. The number of nitrogens with two attached hydrogens (primary N) is 1. The van der Waals surface area contributed by atoms with Crippen molar-refractivity contribution in [3.05, 3.63) is 30.1 Å². The van der Waals surface area contributed by atoms with Crippen molar-refractivity contribution in [3.8, 4) is 0 Å². The van der Waals surface area contributed by atoms with Gasteiger partial charge in [-0.25, -0.2) is 0 Å². The van der Waals surface area contributed by atoms with E-state index in [1.807, 2.05) is 18.5 Å². The third-order valence-electron chi connectivity index (χ3n) is 4.40. The second-order valence-electron chi connectivity index (χ2n) is 5.95. The van der Waals surface area contributed by atoms with Crippen molar-refractivity contribution in [3.63, 3.8) is 0 Å². The van der Waals surface area contributed by atoms with Gasteiger partial charge in [-0.1, -0.05) is 13.0 Å². The maximum Gasteiger partial charge on any atom is 0.0509 e. The van der Waals surface area contributed by atoms with E-state index in [1.54, 1.807) is 0 Å². The van der Waals surface area contributed by atoms with Gasteiger partial charge in [0.25, 0.3) is 0 Å². The van der Waals surface area contributed by atoms with Crippen molar-refractivity contribution in [2.24, 2.45) is 5.73 Å². The second kappa shape index (κ2) is 7.16. The Kier molecular flexibility index (Phi) is 5.52. The predicted molar refractivity (Wildman–Crippen MR) is 83.5 cm³/mol. The molecule has 20 heavy (non-hydrogen) atoms. The molecule has 0 bridgehead atoms. The van der Waals surface area contributed by atoms with E-state index in [9.17, 15) is 0 Å². The van der Waals surface area contributed by atoms with Crippen LogP contribution >= 0.6 is 0 Å². The predicted octanol–water partition coefficient (Wildman–Crippen LogP) is 1.89. The van der Waals surface area contributed by atoms with E-state index in [1.165, 1.54) is 24.9 Å². The second-order valence-corrected chi connectivity index (χ2v) is 5.95. The maximum atomic E-state index is 6.23. The van der Waals surface area contributed by atoms with Crippen LogP contribution in [0.1, 0.15) is 38.3 Å². The number of hydrogen-bond donors (Lipinski definition) is 1. The largest absolute Gasteiger partial charge is 0.326 e. The van der Waals surface area contributed by atoms with Gasteiger partial charge in [-0.2, -0.15) is 0 Å². The first-order valence-electron chi connectivity index (χ1n) is 7.73. The number of likely N-dealkylation sites (tertiary alicyclic amines) is 1. The number of likely N-dealkylation sites (N-methyl/N-ethyl adjacent to an activating group) is 2. The number of aromatic nitrogens is 1. The maximum absolute atomic E-state index is 6.23. The minimum atomic E-state index is 0.0979. The van der Waals surface area contributed by atoms with Crippen LogP contribution in [0, 0.1) is 0 Å². The Morgan fingerprint density at radius 2 is 2.35 bits per heavy atom. The first-order chi connectivity index (χ1) is 9.63. The van der Waals surface area contributed by atoms with E-state index in [0.717, 1.165) is 13.1 Å². The summed E-state index contributed by atoms with van der Waals surface area (Å²) in [6.45, 7) is 7.80. The molecule has 1 aromatic rings. The van der Waals surface area contributed by atoms with Crippen LogP contribution in [-0.2, 0) is 0 Å². The molecule has 4 nitrogen and oxygen atoms in total. The molecule has 0 aliphatic carbocycles. The lowest BCUT2D eigenvalue weighted by molar-refractivity contribution is 0.151. The number of pyridine rings is 1. The zero-order chi connectivity index (χ0) is 14.5. The Labute approximate surface area is 123 Å². The molecule has 2 N–H and O–H groups in total. The summed E-state index contributed by atoms with van der Waals surface area (Å²) >= 11 is 0.